The number of hydrogen-bond donors (Lipinski definition) is 4. The van der Waals surface area contributed by atoms with Crippen molar-refractivity contribution in [2.45, 2.75) is 12.6 Å². The summed E-state index contributed by atoms with van der Waals surface area (Å²) in [6.45, 7) is 0.288. The number of rotatable bonds is 9. The number of H-pyrrole nitrogens is 2. The lowest BCUT2D eigenvalue weighted by molar-refractivity contribution is 0.0951. The summed E-state index contributed by atoms with van der Waals surface area (Å²) in [6, 6.07) is 21.5. The zero-order chi connectivity index (χ0) is 26.5. The summed E-state index contributed by atoms with van der Waals surface area (Å²) in [5.41, 5.74) is 2.59. The summed E-state index contributed by atoms with van der Waals surface area (Å²) in [5, 5.41) is 5.91. The number of benzene rings is 3. The summed E-state index contributed by atoms with van der Waals surface area (Å²) < 4.78 is 33.0. The fourth-order valence-corrected chi connectivity index (χ4v) is 3.99. The molecule has 5 rings (SSSR count). The molecule has 1 amide bonds. The van der Waals surface area contributed by atoms with Gasteiger partial charge >= 0.3 is 5.69 Å². The topological polar surface area (TPSA) is 112 Å². The van der Waals surface area contributed by atoms with Gasteiger partial charge in [-0.1, -0.05) is 36.4 Å². The zero-order valence-electron chi connectivity index (χ0n) is 20.0. The second-order valence-electron chi connectivity index (χ2n) is 8.52. The number of anilines is 1. The number of aromatic amines is 2. The zero-order valence-corrected chi connectivity index (χ0v) is 20.0. The summed E-state index contributed by atoms with van der Waals surface area (Å²) in [5.74, 6) is -1.46. The molecule has 0 saturated heterocycles. The van der Waals surface area contributed by atoms with Crippen molar-refractivity contribution in [1.29, 1.82) is 0 Å². The van der Waals surface area contributed by atoms with Gasteiger partial charge in [-0.15, -0.1) is 0 Å². The highest BCUT2D eigenvalue weighted by atomic mass is 19.2. The fourth-order valence-electron chi connectivity index (χ4n) is 3.99. The van der Waals surface area contributed by atoms with E-state index in [1.165, 1.54) is 6.07 Å². The molecule has 0 aliphatic carbocycles. The smallest absolute Gasteiger partial charge is 0.323 e. The molecule has 1 atom stereocenters. The second-order valence-corrected chi connectivity index (χ2v) is 8.52. The van der Waals surface area contributed by atoms with Gasteiger partial charge in [-0.25, -0.2) is 18.6 Å². The van der Waals surface area contributed by atoms with Crippen LogP contribution in [0.15, 0.2) is 89.9 Å². The molecule has 2 aromatic heterocycles. The Morgan fingerprint density at radius 1 is 0.921 bits per heavy atom. The maximum Gasteiger partial charge on any atom is 0.323 e. The van der Waals surface area contributed by atoms with E-state index in [1.807, 2.05) is 30.3 Å². The molecule has 0 saturated carbocycles. The van der Waals surface area contributed by atoms with Gasteiger partial charge in [0.15, 0.2) is 11.6 Å². The molecule has 10 heteroatoms. The van der Waals surface area contributed by atoms with Crippen LogP contribution in [-0.2, 0) is 6.54 Å². The molecule has 0 fully saturated rings. The van der Waals surface area contributed by atoms with Crippen molar-refractivity contribution in [3.8, 4) is 5.75 Å². The molecule has 2 heterocycles. The van der Waals surface area contributed by atoms with Crippen LogP contribution in [0.25, 0.3) is 11.0 Å². The first-order chi connectivity index (χ1) is 18.5. The van der Waals surface area contributed by atoms with Gasteiger partial charge in [0.2, 0.25) is 0 Å². The molecule has 0 bridgehead atoms. The number of fused-ring (bicyclic) bond motifs is 1. The molecule has 0 radical (unpaired) electrons. The van der Waals surface area contributed by atoms with Gasteiger partial charge in [0.05, 0.1) is 23.1 Å². The summed E-state index contributed by atoms with van der Waals surface area (Å²) in [6.07, 6.45) is 1.10. The Morgan fingerprint density at radius 3 is 2.55 bits per heavy atom. The number of nitrogens with zero attached hydrogens (tertiary/aromatic N) is 1. The van der Waals surface area contributed by atoms with E-state index in [2.05, 4.69) is 25.6 Å². The van der Waals surface area contributed by atoms with E-state index in [0.29, 0.717) is 28.2 Å². The lowest BCUT2D eigenvalue weighted by Gasteiger charge is -2.21. The number of hydrogen-bond acceptors (Lipinski definition) is 5. The largest absolute Gasteiger partial charge is 0.484 e. The van der Waals surface area contributed by atoms with Gasteiger partial charge in [-0.05, 0) is 47.5 Å². The Labute approximate surface area is 215 Å². The maximum absolute atomic E-state index is 13.5. The van der Waals surface area contributed by atoms with E-state index >= 15 is 0 Å². The third kappa shape index (κ3) is 5.70. The minimum atomic E-state index is -0.977. The first-order valence-corrected chi connectivity index (χ1v) is 11.8. The highest BCUT2D eigenvalue weighted by Gasteiger charge is 2.18. The highest BCUT2D eigenvalue weighted by Crippen LogP contribution is 2.25. The Morgan fingerprint density at radius 2 is 1.74 bits per heavy atom. The van der Waals surface area contributed by atoms with Crippen LogP contribution in [-0.4, -0.2) is 27.4 Å². The number of nitrogens with one attached hydrogen (secondary N) is 4. The number of halogens is 2. The van der Waals surface area contributed by atoms with Crippen LogP contribution < -0.4 is 21.1 Å². The van der Waals surface area contributed by atoms with Gasteiger partial charge in [0.1, 0.15) is 17.7 Å². The third-order valence-corrected chi connectivity index (χ3v) is 5.88. The van der Waals surface area contributed by atoms with Crippen LogP contribution in [0.1, 0.15) is 27.6 Å². The molecule has 4 N–H and O–H groups in total. The Bertz CT molecular complexity index is 1630. The number of ether oxygens (including phenoxy) is 1. The minimum Gasteiger partial charge on any atom is -0.484 e. The molecule has 38 heavy (non-hydrogen) atoms. The Hall–Kier alpha value is -4.99. The summed E-state index contributed by atoms with van der Waals surface area (Å²) in [4.78, 5) is 34.2. The van der Waals surface area contributed by atoms with Crippen molar-refractivity contribution in [1.82, 2.24) is 20.3 Å². The second kappa shape index (κ2) is 11.0. The highest BCUT2D eigenvalue weighted by molar-refractivity contribution is 5.98. The van der Waals surface area contributed by atoms with Crippen molar-refractivity contribution < 1.29 is 18.3 Å². The van der Waals surface area contributed by atoms with Gasteiger partial charge < -0.3 is 25.3 Å². The number of aromatic nitrogens is 3. The molecule has 8 nitrogen and oxygen atoms in total. The predicted molar refractivity (Wildman–Crippen MR) is 139 cm³/mol. The third-order valence-electron chi connectivity index (χ3n) is 5.88. The van der Waals surface area contributed by atoms with Gasteiger partial charge in [-0.2, -0.15) is 0 Å². The first kappa shape index (κ1) is 24.7. The van der Waals surface area contributed by atoms with E-state index in [1.54, 1.807) is 36.5 Å². The number of pyridine rings is 1. The average Bonchev–Trinajstić information content (AvgIpc) is 3.31. The van der Waals surface area contributed by atoms with Gasteiger partial charge in [0.25, 0.3) is 5.91 Å². The van der Waals surface area contributed by atoms with Crippen LogP contribution in [0.3, 0.4) is 0 Å². The molecule has 192 valence electrons. The lowest BCUT2D eigenvalue weighted by Crippen LogP contribution is -2.26. The quantitative estimate of drug-likeness (QED) is 0.228. The molecule has 5 aromatic rings. The number of carbonyl (C=O) groups excluding carboxylic acids is 1. The summed E-state index contributed by atoms with van der Waals surface area (Å²) in [7, 11) is 0. The molecule has 0 spiro atoms. The van der Waals surface area contributed by atoms with Crippen molar-refractivity contribution >= 4 is 22.8 Å². The Kier molecular flexibility index (Phi) is 7.12. The van der Waals surface area contributed by atoms with E-state index in [9.17, 15) is 18.4 Å². The van der Waals surface area contributed by atoms with Crippen molar-refractivity contribution in [3.63, 3.8) is 0 Å². The normalized spacial score (nSPS) is 11.7. The standard InChI is InChI=1S/C28H23F2N5O3/c29-21-10-8-17(13-22(21)30)15-33-27(36)20-7-4-12-31-26(20)32-16-25(18-5-2-1-3-6-18)38-19-9-11-23-24(14-19)35-28(37)34-23/h1-14,25H,15-16H2,(H,31,32)(H,33,36)(H2,34,35,37)/t25-/m0/s1. The number of imidazole rings is 1. The fraction of sp³-hybridized carbons (Fsp3) is 0.107. The molecule has 0 aliphatic heterocycles. The Balaban J connectivity index is 1.32. The molecular weight excluding hydrogens is 492 g/mol. The molecule has 3 aromatic carbocycles. The molecular formula is C28H23F2N5O3. The van der Waals surface area contributed by atoms with Crippen molar-refractivity contribution in [2.75, 3.05) is 11.9 Å². The van der Waals surface area contributed by atoms with E-state index < -0.39 is 23.6 Å². The predicted octanol–water partition coefficient (Wildman–Crippen LogP) is 4.69. The van der Waals surface area contributed by atoms with Crippen molar-refractivity contribution in [3.05, 3.63) is 124 Å². The van der Waals surface area contributed by atoms with Crippen LogP contribution in [0.5, 0.6) is 5.75 Å². The summed E-state index contributed by atoms with van der Waals surface area (Å²) >= 11 is 0. The van der Waals surface area contributed by atoms with Gasteiger partial charge in [-0.3, -0.25) is 4.79 Å². The van der Waals surface area contributed by atoms with Crippen LogP contribution in [0.4, 0.5) is 14.6 Å². The molecule has 0 unspecified atom stereocenters. The number of amides is 1. The van der Waals surface area contributed by atoms with Crippen LogP contribution >= 0.6 is 0 Å². The first-order valence-electron chi connectivity index (χ1n) is 11.8. The van der Waals surface area contributed by atoms with E-state index in [-0.39, 0.29) is 24.3 Å². The van der Waals surface area contributed by atoms with Crippen molar-refractivity contribution in [2.24, 2.45) is 0 Å². The average molecular weight is 516 g/mol. The minimum absolute atomic E-state index is 0.0177. The van der Waals surface area contributed by atoms with Crippen LogP contribution in [0.2, 0.25) is 0 Å². The SMILES string of the molecule is O=C(NCc1ccc(F)c(F)c1)c1cccnc1NC[C@H](Oc1ccc2[nH]c(=O)[nH]c2c1)c1ccccc1. The van der Waals surface area contributed by atoms with E-state index in [0.717, 1.165) is 17.7 Å². The van der Waals surface area contributed by atoms with Gasteiger partial charge in [0, 0.05) is 18.8 Å². The number of carbonyl (C=O) groups is 1. The van der Waals surface area contributed by atoms with E-state index in [4.69, 9.17) is 4.74 Å². The molecule has 0 aliphatic rings. The van der Waals surface area contributed by atoms with Crippen LogP contribution in [0, 0.1) is 11.6 Å². The lowest BCUT2D eigenvalue weighted by atomic mass is 10.1. The monoisotopic (exact) mass is 515 g/mol. The maximum atomic E-state index is 13.5.